The van der Waals surface area contributed by atoms with E-state index in [0.717, 1.165) is 30.5 Å². The van der Waals surface area contributed by atoms with Gasteiger partial charge in [0.2, 0.25) is 5.91 Å². The molecule has 110 valence electrons. The molecule has 0 aliphatic carbocycles. The molecule has 1 aromatic rings. The molecule has 20 heavy (non-hydrogen) atoms. The lowest BCUT2D eigenvalue weighted by Crippen LogP contribution is -2.29. The number of urea groups is 1. The van der Waals surface area contributed by atoms with E-state index in [-0.39, 0.29) is 5.91 Å². The van der Waals surface area contributed by atoms with E-state index in [1.807, 2.05) is 32.0 Å². The summed E-state index contributed by atoms with van der Waals surface area (Å²) in [5.41, 5.74) is 8.08. The van der Waals surface area contributed by atoms with Gasteiger partial charge in [-0.3, -0.25) is 4.79 Å². The van der Waals surface area contributed by atoms with Crippen molar-refractivity contribution in [1.82, 2.24) is 5.32 Å². The van der Waals surface area contributed by atoms with Gasteiger partial charge >= 0.3 is 6.03 Å². The van der Waals surface area contributed by atoms with Crippen LogP contribution in [0.5, 0.6) is 0 Å². The van der Waals surface area contributed by atoms with Gasteiger partial charge in [0.15, 0.2) is 0 Å². The molecule has 0 aliphatic heterocycles. The third kappa shape index (κ3) is 6.22. The van der Waals surface area contributed by atoms with Crippen LogP contribution >= 0.6 is 0 Å². The molecule has 0 unspecified atom stereocenters. The number of aryl methyl sites for hydroxylation is 2. The average molecular weight is 277 g/mol. The van der Waals surface area contributed by atoms with Crippen molar-refractivity contribution in [3.8, 4) is 0 Å². The molecule has 3 amide bonds. The van der Waals surface area contributed by atoms with Gasteiger partial charge in [0, 0.05) is 18.7 Å². The number of benzene rings is 1. The summed E-state index contributed by atoms with van der Waals surface area (Å²) in [4.78, 5) is 22.2. The third-order valence-corrected chi connectivity index (χ3v) is 3.04. The van der Waals surface area contributed by atoms with E-state index < -0.39 is 6.03 Å². The maximum absolute atomic E-state index is 11.8. The van der Waals surface area contributed by atoms with Crippen LogP contribution in [0, 0.1) is 13.8 Å². The quantitative estimate of drug-likeness (QED) is 0.669. The Morgan fingerprint density at radius 2 is 1.90 bits per heavy atom. The minimum Gasteiger partial charge on any atom is -0.352 e. The highest BCUT2D eigenvalue weighted by molar-refractivity contribution is 5.91. The van der Waals surface area contributed by atoms with Crippen molar-refractivity contribution in [3.05, 3.63) is 29.3 Å². The van der Waals surface area contributed by atoms with Gasteiger partial charge in [0.05, 0.1) is 0 Å². The molecule has 4 N–H and O–H groups in total. The molecule has 1 aromatic carbocycles. The Hall–Kier alpha value is -2.04. The lowest BCUT2D eigenvalue weighted by molar-refractivity contribution is -0.116. The van der Waals surface area contributed by atoms with Crippen LogP contribution in [0.4, 0.5) is 10.5 Å². The summed E-state index contributed by atoms with van der Waals surface area (Å²) in [7, 11) is 0. The topological polar surface area (TPSA) is 84.2 Å². The maximum atomic E-state index is 11.8. The number of unbranched alkanes of at least 4 members (excludes halogenated alkanes) is 2. The number of carbonyl (C=O) groups is 2. The van der Waals surface area contributed by atoms with Crippen LogP contribution in [0.25, 0.3) is 0 Å². The molecule has 5 nitrogen and oxygen atoms in total. The Balaban J connectivity index is 2.22. The zero-order valence-electron chi connectivity index (χ0n) is 12.2. The van der Waals surface area contributed by atoms with Gasteiger partial charge in [-0.1, -0.05) is 24.1 Å². The number of nitrogens with two attached hydrogens (primary N) is 1. The minimum absolute atomic E-state index is 0.0276. The number of rotatable bonds is 7. The Labute approximate surface area is 119 Å². The fourth-order valence-corrected chi connectivity index (χ4v) is 1.97. The van der Waals surface area contributed by atoms with E-state index in [1.165, 1.54) is 5.56 Å². The highest BCUT2D eigenvalue weighted by Gasteiger charge is 2.04. The second kappa shape index (κ2) is 8.19. The summed E-state index contributed by atoms with van der Waals surface area (Å²) in [5.74, 6) is 0.0276. The first kappa shape index (κ1) is 16.0. The molecule has 0 saturated carbocycles. The summed E-state index contributed by atoms with van der Waals surface area (Å²) >= 11 is 0. The van der Waals surface area contributed by atoms with E-state index >= 15 is 0 Å². The Morgan fingerprint density at radius 3 is 2.55 bits per heavy atom. The zero-order valence-corrected chi connectivity index (χ0v) is 12.2. The minimum atomic E-state index is -0.502. The zero-order chi connectivity index (χ0) is 15.0. The molecule has 0 atom stereocenters. The summed E-state index contributed by atoms with van der Waals surface area (Å²) < 4.78 is 0. The Morgan fingerprint density at radius 1 is 1.15 bits per heavy atom. The molecular formula is C15H23N3O2. The van der Waals surface area contributed by atoms with E-state index in [2.05, 4.69) is 10.6 Å². The van der Waals surface area contributed by atoms with Gasteiger partial charge < -0.3 is 16.4 Å². The first-order valence-corrected chi connectivity index (χ1v) is 6.89. The van der Waals surface area contributed by atoms with Crippen LogP contribution in [-0.4, -0.2) is 18.5 Å². The largest absolute Gasteiger partial charge is 0.352 e. The number of primary amides is 1. The van der Waals surface area contributed by atoms with Gasteiger partial charge in [-0.2, -0.15) is 0 Å². The molecule has 0 fully saturated rings. The average Bonchev–Trinajstić information content (AvgIpc) is 2.36. The van der Waals surface area contributed by atoms with Crippen molar-refractivity contribution in [2.75, 3.05) is 11.9 Å². The van der Waals surface area contributed by atoms with Crippen molar-refractivity contribution in [1.29, 1.82) is 0 Å². The molecule has 0 aliphatic rings. The van der Waals surface area contributed by atoms with Crippen LogP contribution in [0.2, 0.25) is 0 Å². The van der Waals surface area contributed by atoms with Gasteiger partial charge in [-0.05, 0) is 38.3 Å². The number of hydrogen-bond acceptors (Lipinski definition) is 2. The van der Waals surface area contributed by atoms with Gasteiger partial charge in [-0.25, -0.2) is 4.79 Å². The first-order valence-electron chi connectivity index (χ1n) is 6.89. The van der Waals surface area contributed by atoms with Crippen LogP contribution < -0.4 is 16.4 Å². The number of amides is 3. The van der Waals surface area contributed by atoms with E-state index in [4.69, 9.17) is 5.73 Å². The van der Waals surface area contributed by atoms with E-state index in [9.17, 15) is 9.59 Å². The SMILES string of the molecule is Cc1ccc(NC(=O)CCCCCNC(N)=O)c(C)c1. The molecule has 0 radical (unpaired) electrons. The predicted octanol–water partition coefficient (Wildman–Crippen LogP) is 2.47. The second-order valence-electron chi connectivity index (χ2n) is 4.97. The van der Waals surface area contributed by atoms with Crippen molar-refractivity contribution < 1.29 is 9.59 Å². The van der Waals surface area contributed by atoms with Gasteiger partial charge in [-0.15, -0.1) is 0 Å². The van der Waals surface area contributed by atoms with Crippen molar-refractivity contribution in [3.63, 3.8) is 0 Å². The van der Waals surface area contributed by atoms with E-state index in [1.54, 1.807) is 0 Å². The maximum Gasteiger partial charge on any atom is 0.312 e. The molecule has 0 saturated heterocycles. The summed E-state index contributed by atoms with van der Waals surface area (Å²) in [6, 6.07) is 5.46. The third-order valence-electron chi connectivity index (χ3n) is 3.04. The number of nitrogens with one attached hydrogen (secondary N) is 2. The predicted molar refractivity (Wildman–Crippen MR) is 80.6 cm³/mol. The number of anilines is 1. The van der Waals surface area contributed by atoms with Crippen molar-refractivity contribution >= 4 is 17.6 Å². The first-order chi connectivity index (χ1) is 9.49. The lowest BCUT2D eigenvalue weighted by Gasteiger charge is -2.09. The smallest absolute Gasteiger partial charge is 0.312 e. The second-order valence-corrected chi connectivity index (χ2v) is 4.97. The summed E-state index contributed by atoms with van der Waals surface area (Å²) in [5, 5.41) is 5.44. The molecule has 0 heterocycles. The van der Waals surface area contributed by atoms with Crippen LogP contribution in [0.15, 0.2) is 18.2 Å². The lowest BCUT2D eigenvalue weighted by atomic mass is 10.1. The highest BCUT2D eigenvalue weighted by Crippen LogP contribution is 2.16. The number of carbonyl (C=O) groups excluding carboxylic acids is 2. The normalized spacial score (nSPS) is 10.1. The summed E-state index contributed by atoms with van der Waals surface area (Å²) in [6.07, 6.45) is 3.02. The van der Waals surface area contributed by atoms with Crippen molar-refractivity contribution in [2.24, 2.45) is 5.73 Å². The van der Waals surface area contributed by atoms with Crippen molar-refractivity contribution in [2.45, 2.75) is 39.5 Å². The Bertz CT molecular complexity index is 472. The molecular weight excluding hydrogens is 254 g/mol. The fourth-order valence-electron chi connectivity index (χ4n) is 1.97. The monoisotopic (exact) mass is 277 g/mol. The molecule has 1 rings (SSSR count). The van der Waals surface area contributed by atoms with Crippen LogP contribution in [0.1, 0.15) is 36.8 Å². The van der Waals surface area contributed by atoms with E-state index in [0.29, 0.717) is 13.0 Å². The number of hydrogen-bond donors (Lipinski definition) is 3. The standard InChI is InChI=1S/C15H23N3O2/c1-11-7-8-13(12(2)10-11)18-14(19)6-4-3-5-9-17-15(16)20/h7-8,10H,3-6,9H2,1-2H3,(H,18,19)(H3,16,17,20). The van der Waals surface area contributed by atoms with Gasteiger partial charge in [0.1, 0.15) is 0 Å². The van der Waals surface area contributed by atoms with Gasteiger partial charge in [0.25, 0.3) is 0 Å². The molecule has 5 heteroatoms. The highest BCUT2D eigenvalue weighted by atomic mass is 16.2. The fraction of sp³-hybridized carbons (Fsp3) is 0.467. The molecule has 0 spiro atoms. The van der Waals surface area contributed by atoms with Crippen LogP contribution in [-0.2, 0) is 4.79 Å². The summed E-state index contributed by atoms with van der Waals surface area (Å²) in [6.45, 7) is 4.57. The molecule has 0 aromatic heterocycles. The Kier molecular flexibility index (Phi) is 6.56. The van der Waals surface area contributed by atoms with Crippen LogP contribution in [0.3, 0.4) is 0 Å². The molecule has 0 bridgehead atoms.